The first-order chi connectivity index (χ1) is 15.0. The third kappa shape index (κ3) is 6.95. The third-order valence-electron chi connectivity index (χ3n) is 6.08. The summed E-state index contributed by atoms with van der Waals surface area (Å²) >= 11 is 0. The molecule has 3 atom stereocenters. The van der Waals surface area contributed by atoms with Crippen molar-refractivity contribution in [1.29, 1.82) is 0 Å². The molecule has 3 unspecified atom stereocenters. The first kappa shape index (κ1) is 26.2. The number of nitrogens with one attached hydrogen (secondary N) is 2. The van der Waals surface area contributed by atoms with Crippen molar-refractivity contribution in [3.8, 4) is 0 Å². The molecule has 0 aliphatic carbocycles. The number of hydrogen-bond acceptors (Lipinski definition) is 3. The molecule has 1 aliphatic rings. The first-order valence-electron chi connectivity index (χ1n) is 11.4. The van der Waals surface area contributed by atoms with Gasteiger partial charge in [-0.25, -0.2) is 9.98 Å². The number of guanidine groups is 1. The van der Waals surface area contributed by atoms with Crippen LogP contribution in [0.5, 0.6) is 0 Å². The fourth-order valence-electron chi connectivity index (χ4n) is 3.86. The minimum Gasteiger partial charge on any atom is -0.357 e. The molecular weight excluding hydrogens is 515 g/mol. The molecule has 7 nitrogen and oxygen atoms in total. The average molecular weight is 553 g/mol. The highest BCUT2D eigenvalue weighted by Gasteiger charge is 2.28. The smallest absolute Gasteiger partial charge is 0.251 e. The summed E-state index contributed by atoms with van der Waals surface area (Å²) < 4.78 is 2.21. The Balaban J connectivity index is 0.00000363. The number of carbonyl (C=O) groups excluding carboxylic acids is 1. The van der Waals surface area contributed by atoms with Crippen molar-refractivity contribution in [2.45, 2.75) is 59.2 Å². The van der Waals surface area contributed by atoms with E-state index in [2.05, 4.69) is 45.9 Å². The molecule has 1 fully saturated rings. The van der Waals surface area contributed by atoms with Crippen molar-refractivity contribution in [3.05, 3.63) is 54.1 Å². The Morgan fingerprint density at radius 2 is 2.03 bits per heavy atom. The molecule has 2 aromatic rings. The van der Waals surface area contributed by atoms with E-state index in [1.807, 2.05) is 49.9 Å². The van der Waals surface area contributed by atoms with Crippen LogP contribution in [0.4, 0.5) is 0 Å². The molecule has 1 aliphatic heterocycles. The van der Waals surface area contributed by atoms with Gasteiger partial charge in [-0.05, 0) is 50.3 Å². The van der Waals surface area contributed by atoms with Crippen LogP contribution in [0.3, 0.4) is 0 Å². The molecule has 3 rings (SSSR count). The van der Waals surface area contributed by atoms with Crippen LogP contribution in [0, 0.1) is 5.92 Å². The van der Waals surface area contributed by atoms with Crippen LogP contribution in [0.15, 0.2) is 48.0 Å². The molecule has 1 saturated heterocycles. The second-order valence-corrected chi connectivity index (χ2v) is 8.44. The Hall–Kier alpha value is -2.10. The molecule has 2 heterocycles. The number of amides is 1. The highest BCUT2D eigenvalue weighted by Crippen LogP contribution is 2.27. The van der Waals surface area contributed by atoms with Crippen molar-refractivity contribution < 1.29 is 4.79 Å². The van der Waals surface area contributed by atoms with Gasteiger partial charge in [0.25, 0.3) is 5.91 Å². The number of carbonyl (C=O) groups is 1. The van der Waals surface area contributed by atoms with Crippen molar-refractivity contribution in [2.24, 2.45) is 10.9 Å². The lowest BCUT2D eigenvalue weighted by atomic mass is 9.93. The van der Waals surface area contributed by atoms with Crippen LogP contribution in [-0.2, 0) is 6.54 Å². The number of rotatable bonds is 7. The van der Waals surface area contributed by atoms with E-state index in [0.29, 0.717) is 24.1 Å². The van der Waals surface area contributed by atoms with Crippen LogP contribution in [0.2, 0.25) is 0 Å². The SMILES string of the molecule is CCNC(=NCc1ccc(C(=O)NC(C)CC)cc1)N1CCC(C)C(n2ccnc2)C1.I. The Bertz CT molecular complexity index is 852. The third-order valence-corrected chi connectivity index (χ3v) is 6.08. The minimum absolute atomic E-state index is 0. The van der Waals surface area contributed by atoms with Crippen LogP contribution < -0.4 is 10.6 Å². The lowest BCUT2D eigenvalue weighted by molar-refractivity contribution is 0.0939. The van der Waals surface area contributed by atoms with Crippen molar-refractivity contribution in [2.75, 3.05) is 19.6 Å². The zero-order valence-corrected chi connectivity index (χ0v) is 22.0. The highest BCUT2D eigenvalue weighted by molar-refractivity contribution is 14.0. The molecule has 32 heavy (non-hydrogen) atoms. The zero-order valence-electron chi connectivity index (χ0n) is 19.6. The maximum atomic E-state index is 12.3. The van der Waals surface area contributed by atoms with Crippen molar-refractivity contribution in [3.63, 3.8) is 0 Å². The standard InChI is InChI=1S/C24H36N6O.HI/c1-5-19(4)28-23(31)21-9-7-20(8-10-21)15-27-24(26-6-2)29-13-11-18(3)22(16-29)30-14-12-25-17-30;/h7-10,12,14,17-19,22H,5-6,11,13,15-16H2,1-4H3,(H,26,27)(H,28,31);1H. The molecule has 0 radical (unpaired) electrons. The minimum atomic E-state index is -0.0225. The number of aromatic nitrogens is 2. The summed E-state index contributed by atoms with van der Waals surface area (Å²) in [7, 11) is 0. The number of piperidine rings is 1. The Morgan fingerprint density at radius 3 is 2.66 bits per heavy atom. The van der Waals surface area contributed by atoms with Crippen LogP contribution in [0.1, 0.15) is 62.5 Å². The van der Waals surface area contributed by atoms with Crippen LogP contribution >= 0.6 is 24.0 Å². The van der Waals surface area contributed by atoms with Crippen LogP contribution in [-0.4, -0.2) is 52.0 Å². The fraction of sp³-hybridized carbons (Fsp3) is 0.542. The van der Waals surface area contributed by atoms with E-state index < -0.39 is 0 Å². The molecule has 1 aromatic carbocycles. The highest BCUT2D eigenvalue weighted by atomic mass is 127. The summed E-state index contributed by atoms with van der Waals surface area (Å²) in [6, 6.07) is 8.32. The Morgan fingerprint density at radius 1 is 1.28 bits per heavy atom. The summed E-state index contributed by atoms with van der Waals surface area (Å²) in [5.41, 5.74) is 1.78. The van der Waals surface area contributed by atoms with E-state index in [1.54, 1.807) is 0 Å². The largest absolute Gasteiger partial charge is 0.357 e. The summed E-state index contributed by atoms with van der Waals surface area (Å²) in [5.74, 6) is 1.52. The van der Waals surface area contributed by atoms with Gasteiger partial charge in [-0.1, -0.05) is 26.0 Å². The van der Waals surface area contributed by atoms with E-state index in [0.717, 1.165) is 44.0 Å². The molecule has 0 spiro atoms. The maximum Gasteiger partial charge on any atom is 0.251 e. The van der Waals surface area contributed by atoms with Gasteiger partial charge in [-0.3, -0.25) is 4.79 Å². The lowest BCUT2D eigenvalue weighted by Gasteiger charge is -2.39. The number of likely N-dealkylation sites (tertiary alicyclic amines) is 1. The predicted molar refractivity (Wildman–Crippen MR) is 141 cm³/mol. The molecule has 0 bridgehead atoms. The lowest BCUT2D eigenvalue weighted by Crippen LogP contribution is -2.49. The van der Waals surface area contributed by atoms with Gasteiger partial charge in [-0.15, -0.1) is 24.0 Å². The van der Waals surface area contributed by atoms with Gasteiger partial charge in [-0.2, -0.15) is 0 Å². The summed E-state index contributed by atoms with van der Waals surface area (Å²) in [6.07, 6.45) is 7.84. The molecule has 8 heteroatoms. The normalized spacial score (nSPS) is 19.8. The predicted octanol–water partition coefficient (Wildman–Crippen LogP) is 4.08. The van der Waals surface area contributed by atoms with Gasteiger partial charge in [0.2, 0.25) is 0 Å². The second-order valence-electron chi connectivity index (χ2n) is 8.44. The van der Waals surface area contributed by atoms with Crippen LogP contribution in [0.25, 0.3) is 0 Å². The van der Waals surface area contributed by atoms with E-state index in [1.165, 1.54) is 0 Å². The monoisotopic (exact) mass is 552 g/mol. The molecular formula is C24H37IN6O. The van der Waals surface area contributed by atoms with E-state index in [4.69, 9.17) is 4.99 Å². The van der Waals surface area contributed by atoms with Gasteiger partial charge < -0.3 is 20.1 Å². The van der Waals surface area contributed by atoms with Crippen molar-refractivity contribution in [1.82, 2.24) is 25.1 Å². The molecule has 2 N–H and O–H groups in total. The average Bonchev–Trinajstić information content (AvgIpc) is 3.32. The number of nitrogens with zero attached hydrogens (tertiary/aromatic N) is 4. The van der Waals surface area contributed by atoms with Gasteiger partial charge in [0.1, 0.15) is 0 Å². The second kappa shape index (κ2) is 12.8. The number of aliphatic imine (C=N–C) groups is 1. The molecule has 0 saturated carbocycles. The van der Waals surface area contributed by atoms with Gasteiger partial charge >= 0.3 is 0 Å². The maximum absolute atomic E-state index is 12.3. The van der Waals surface area contributed by atoms with Gasteiger partial charge in [0, 0.05) is 43.6 Å². The van der Waals surface area contributed by atoms with E-state index in [9.17, 15) is 4.79 Å². The van der Waals surface area contributed by atoms with E-state index in [-0.39, 0.29) is 35.9 Å². The number of hydrogen-bond donors (Lipinski definition) is 2. The zero-order chi connectivity index (χ0) is 22.2. The Kier molecular flexibility index (Phi) is 10.5. The molecule has 176 valence electrons. The topological polar surface area (TPSA) is 74.6 Å². The van der Waals surface area contributed by atoms with Gasteiger partial charge in [0.05, 0.1) is 18.9 Å². The summed E-state index contributed by atoms with van der Waals surface area (Å²) in [5, 5.41) is 6.45. The summed E-state index contributed by atoms with van der Waals surface area (Å²) in [6.45, 7) is 11.8. The van der Waals surface area contributed by atoms with E-state index >= 15 is 0 Å². The van der Waals surface area contributed by atoms with Crippen molar-refractivity contribution >= 4 is 35.8 Å². The number of imidazole rings is 1. The first-order valence-corrected chi connectivity index (χ1v) is 11.4. The van der Waals surface area contributed by atoms with Gasteiger partial charge in [0.15, 0.2) is 5.96 Å². The summed E-state index contributed by atoms with van der Waals surface area (Å²) in [4.78, 5) is 23.7. The Labute approximate surface area is 209 Å². The molecule has 1 amide bonds. The molecule has 1 aromatic heterocycles. The number of halogens is 1. The number of benzene rings is 1. The quantitative estimate of drug-likeness (QED) is 0.309. The fourth-order valence-corrected chi connectivity index (χ4v) is 3.86.